The summed E-state index contributed by atoms with van der Waals surface area (Å²) in [5, 5.41) is 10.2. The van der Waals surface area contributed by atoms with Crippen molar-refractivity contribution in [2.24, 2.45) is 0 Å². The van der Waals surface area contributed by atoms with Crippen molar-refractivity contribution in [3.05, 3.63) is 127 Å². The van der Waals surface area contributed by atoms with Gasteiger partial charge in [-0.2, -0.15) is 4.98 Å². The molecule has 0 aliphatic carbocycles. The average molecular weight is 2100 g/mol. The molecule has 0 saturated carbocycles. The molecular formula is C68H86N22O40P6S2-6. The zero-order valence-corrected chi connectivity index (χ0v) is 79.4. The van der Waals surface area contributed by atoms with Gasteiger partial charge in [0.15, 0.2) is 71.8 Å². The third kappa shape index (κ3) is 21.5. The second-order valence-corrected chi connectivity index (χ2v) is 42.8. The molecule has 7 fully saturated rings. The molecule has 7 aliphatic heterocycles. The number of aliphatic hydroxyl groups is 1. The summed E-state index contributed by atoms with van der Waals surface area (Å²) in [7, 11) is -17.5. The number of aromatic nitrogens is 18. The van der Waals surface area contributed by atoms with E-state index in [1.165, 1.54) is 49.0 Å². The minimum Gasteiger partial charge on any atom is -0.780 e. The van der Waals surface area contributed by atoms with E-state index in [-0.39, 0.29) is 69.8 Å². The number of anilines is 4. The molecule has 11 N–H and O–H groups in total. The van der Waals surface area contributed by atoms with E-state index in [2.05, 4.69) is 49.8 Å². The molecule has 16 heterocycles. The molecular weight excluding hydrogens is 2010 g/mol. The number of methoxy groups -OCH3 is 6. The van der Waals surface area contributed by atoms with Crippen LogP contribution in [-0.4, -0.2) is 303 Å². The van der Waals surface area contributed by atoms with Gasteiger partial charge in [-0.3, -0.25) is 65.2 Å². The lowest BCUT2D eigenvalue weighted by atomic mass is 10.1. The number of imidazole rings is 3. The summed E-state index contributed by atoms with van der Waals surface area (Å²) in [5.74, 6) is -0.455. The molecule has 12 unspecified atom stereocenters. The Morgan fingerprint density at radius 1 is 0.428 bits per heavy atom. The highest BCUT2D eigenvalue weighted by Crippen LogP contribution is 2.60. The minimum atomic E-state index is -6.18. The Kier molecular flexibility index (Phi) is 31.2. The number of ether oxygens (including phenoxy) is 13. The lowest BCUT2D eigenvalue weighted by Crippen LogP contribution is -2.42. The SMILES string of the molecule is CO[C@H]1C(OP([O-])(=S)OC[C@H]2O[C@@H](n3cnc4c(N)ncnc43)[C@@H](OC)C2OP(=O)([S-])[C@H]2CCO[C@H]2CO)[C@@H](COP(=O)([O-])OC2[C@@H](COP(=O)([O-])OC3[C@@H](COP(=O)([O-])OC4[C@@H](COP(=O)([O-])OC5[C@@H](C)O[C@@H](n6cnc7c(N)ncnc76)[C@H]5OC)O[C@@H](n5ccc(=O)[nH]c5=O)[C@H]4OC)O[C@@H](n4ccc(=O)[nH]c4=O)[C@H]3OC)O[C@@H](n3cnc4c(N)ncnc43)[C@H]2OC)O[C@H]1n1ccc(N)nc1=O. The summed E-state index contributed by atoms with van der Waals surface area (Å²) in [6.45, 7) is -14.6. The fourth-order valence-corrected chi connectivity index (χ4v) is 24.9. The molecule has 138 heavy (non-hydrogen) atoms. The van der Waals surface area contributed by atoms with Crippen LogP contribution < -0.4 is 75.6 Å². The van der Waals surface area contributed by atoms with Gasteiger partial charge in [0.25, 0.3) is 42.4 Å². The van der Waals surface area contributed by atoms with Crippen LogP contribution in [0.15, 0.2) is 98.7 Å². The van der Waals surface area contributed by atoms with E-state index >= 15 is 0 Å². The summed E-state index contributed by atoms with van der Waals surface area (Å²) in [6.07, 6.45) is -32.3. The fourth-order valence-electron chi connectivity index (χ4n) is 16.8. The number of aliphatic hydroxyl groups excluding tert-OH is 1. The van der Waals surface area contributed by atoms with Gasteiger partial charge in [-0.25, -0.2) is 59.2 Å². The van der Waals surface area contributed by atoms with Crippen molar-refractivity contribution in [2.75, 3.05) is 112 Å². The molecule has 0 radical (unpaired) electrons. The predicted octanol–water partition coefficient (Wildman–Crippen LogP) is -5.57. The van der Waals surface area contributed by atoms with Crippen molar-refractivity contribution in [3.63, 3.8) is 0 Å². The zero-order chi connectivity index (χ0) is 98.7. The number of nitrogens with one attached hydrogen (secondary N) is 2. The minimum absolute atomic E-state index is 0.00991. The summed E-state index contributed by atoms with van der Waals surface area (Å²) in [6, 6.07) is 2.88. The largest absolute Gasteiger partial charge is 0.780 e. The highest BCUT2D eigenvalue weighted by molar-refractivity contribution is 8.34. The average Bonchev–Trinajstić information content (AvgIpc) is 1.62. The molecule has 70 heteroatoms. The van der Waals surface area contributed by atoms with Crippen LogP contribution in [0.2, 0.25) is 0 Å². The number of phosphoric ester groups is 4. The van der Waals surface area contributed by atoms with Gasteiger partial charge in [-0.15, -0.1) is 0 Å². The van der Waals surface area contributed by atoms with Gasteiger partial charge in [-0.05, 0) is 19.4 Å². The van der Waals surface area contributed by atoms with Crippen LogP contribution in [0, 0.1) is 0 Å². The molecule has 0 amide bonds. The Morgan fingerprint density at radius 2 is 0.746 bits per heavy atom. The predicted molar refractivity (Wildman–Crippen MR) is 453 cm³/mol. The summed E-state index contributed by atoms with van der Waals surface area (Å²) >= 11 is 11.1. The second-order valence-electron chi connectivity index (χ2n) is 31.2. The van der Waals surface area contributed by atoms with Crippen molar-refractivity contribution in [3.8, 4) is 0 Å². The van der Waals surface area contributed by atoms with Crippen LogP contribution in [0.3, 0.4) is 0 Å². The molecule has 9 aromatic heterocycles. The number of nitrogen functional groups attached to an aromatic ring is 4. The van der Waals surface area contributed by atoms with Crippen molar-refractivity contribution in [1.82, 2.24) is 87.2 Å². The molecule has 0 spiro atoms. The van der Waals surface area contributed by atoms with E-state index in [1.54, 1.807) is 0 Å². The summed E-state index contributed by atoms with van der Waals surface area (Å²) < 4.78 is 219. The van der Waals surface area contributed by atoms with E-state index in [9.17, 15) is 76.4 Å². The van der Waals surface area contributed by atoms with E-state index in [0.717, 1.165) is 98.2 Å². The number of hydrogen-bond donors (Lipinski definition) is 7. The quantitative estimate of drug-likeness (QED) is 0.0139. The number of fused-ring (bicyclic) bond motifs is 3. The Bertz CT molecular complexity index is 6550. The first kappa shape index (κ1) is 103. The van der Waals surface area contributed by atoms with E-state index in [4.69, 9.17) is 158 Å². The summed E-state index contributed by atoms with van der Waals surface area (Å²) in [5.41, 5.74) is 18.3. The lowest BCUT2D eigenvalue weighted by molar-refractivity contribution is -0.241. The first-order valence-electron chi connectivity index (χ1n) is 40.9. The highest BCUT2D eigenvalue weighted by Gasteiger charge is 2.58. The molecule has 32 atom stereocenters. The number of nitrogens with two attached hydrogens (primary N) is 4. The lowest BCUT2D eigenvalue weighted by Gasteiger charge is -2.38. The summed E-state index contributed by atoms with van der Waals surface area (Å²) in [4.78, 5) is 184. The number of H-pyrrole nitrogens is 2. The van der Waals surface area contributed by atoms with Crippen LogP contribution in [0.25, 0.3) is 33.5 Å². The normalized spacial score (nSPS) is 32.7. The zero-order valence-electron chi connectivity index (χ0n) is 72.4. The third-order valence-corrected chi connectivity index (χ3v) is 31.5. The maximum absolute atomic E-state index is 15.0. The van der Waals surface area contributed by atoms with Crippen LogP contribution in [0.1, 0.15) is 50.7 Å². The van der Waals surface area contributed by atoms with Crippen molar-refractivity contribution in [1.29, 1.82) is 0 Å². The van der Waals surface area contributed by atoms with Gasteiger partial charge in [0.2, 0.25) is 0 Å². The van der Waals surface area contributed by atoms with Gasteiger partial charge in [0.1, 0.15) is 152 Å². The first-order valence-corrected chi connectivity index (χ1v) is 52.0. The van der Waals surface area contributed by atoms with Crippen LogP contribution >= 0.6 is 44.6 Å². The molecule has 756 valence electrons. The molecule has 7 saturated heterocycles. The first-order chi connectivity index (χ1) is 65.6. The van der Waals surface area contributed by atoms with Gasteiger partial charge < -0.3 is 181 Å². The van der Waals surface area contributed by atoms with Gasteiger partial charge in [0.05, 0.1) is 77.4 Å². The number of hydrogen-bond acceptors (Lipinski definition) is 56. The number of phosphoric acid groups is 4. The second kappa shape index (κ2) is 41.8. The van der Waals surface area contributed by atoms with Crippen molar-refractivity contribution in [2.45, 2.75) is 172 Å². The highest BCUT2D eigenvalue weighted by atomic mass is 32.7. The molecule has 0 aromatic carbocycles. The van der Waals surface area contributed by atoms with Gasteiger partial charge >= 0.3 is 17.1 Å². The Hall–Kier alpha value is -7.96. The number of rotatable bonds is 41. The molecule has 62 nitrogen and oxygen atoms in total. The van der Waals surface area contributed by atoms with Gasteiger partial charge in [0, 0.05) is 85.6 Å². The maximum Gasteiger partial charge on any atom is 0.351 e. The fraction of sp³-hybridized carbons (Fsp3) is 0.603. The molecule has 0 bridgehead atoms. The van der Waals surface area contributed by atoms with Crippen LogP contribution in [-0.2, 0) is 158 Å². The standard InChI is InChI=1S/C68H92N22O40P6S2/c1-28-42(48(107-2)63(119-28)88-25-79-39-54(70)73-22-76-57(39)88)126-132(98,99)114-17-30-44(50(109-4)60(120-30)86-13-9-37(92)83-67(86)95)127-133(100,101)115-18-31-45(51(110-5)61(121-31)87-14-10-38(93)84-68(87)96)128-134(102,103)116-19-32-46(52(111-6)65(123-32)90-27-81-41-56(72)75-24-78-59(41)90)129-135(104,105)117-20-33-47(53(112-7)62(122-33)85-12-8-36(69)82-66(85)94)130-136(106,138)118-21-34-43(125-131(97,137)35-11-15-113-29(35)16-91)49(108-3)64(124-34)89-26-80-40-55(71)74-23-77-58(40)89/h8-10,12-14,22-35,42-53,60-65,91H,11,15-21H2,1-7H3,(H,97,137)(H,98,99)(H,100,101)(H,102,103)(H,104,105)(H,106,138)(H2,69,82,94)(H2,70,73,76)(H2,71,74,77)(H2,72,75,78)(H,83,92,95)(H,84,93,96)/p-6/t28-,29+,30-,31-,32-,33-,34-,35+,42?,43?,44?,45?,46?,47?,48+,49+,50+,51+,52+,53+,60-,61-,62-,63-,64-,65-,131?,136?/m1/s1. The van der Waals surface area contributed by atoms with Crippen molar-refractivity contribution < 1.29 is 164 Å². The van der Waals surface area contributed by atoms with Crippen molar-refractivity contribution >= 4 is 125 Å². The molecule has 9 aromatic rings. The van der Waals surface area contributed by atoms with E-state index in [0.29, 0.717) is 4.57 Å². The van der Waals surface area contributed by atoms with Crippen LogP contribution in [0.4, 0.5) is 23.3 Å². The topological polar surface area (TPSA) is 822 Å². The smallest absolute Gasteiger partial charge is 0.351 e. The van der Waals surface area contributed by atoms with Crippen LogP contribution in [0.5, 0.6) is 0 Å². The molecule has 7 aliphatic rings. The van der Waals surface area contributed by atoms with E-state index in [1.807, 2.05) is 9.97 Å². The van der Waals surface area contributed by atoms with Gasteiger partial charge in [-0.1, -0.05) is 11.8 Å². The third-order valence-electron chi connectivity index (χ3n) is 23.1. The number of nitrogens with zero attached hydrogens (tertiary/aromatic N) is 16. The Balaban J connectivity index is 0.642. The molecule has 16 rings (SSSR count). The Morgan fingerprint density at radius 3 is 1.10 bits per heavy atom. The van der Waals surface area contributed by atoms with E-state index < -0.39 is 271 Å². The number of aromatic amines is 2. The maximum atomic E-state index is 15.0. The Labute approximate surface area is 783 Å². The monoisotopic (exact) mass is 2100 g/mol.